The van der Waals surface area contributed by atoms with Gasteiger partial charge < -0.3 is 44.9 Å². The Morgan fingerprint density at radius 2 is 1.48 bits per heavy atom. The second-order valence-electron chi connectivity index (χ2n) is 14.3. The number of carboxylic acid groups (broad SMARTS) is 2. The summed E-state index contributed by atoms with van der Waals surface area (Å²) in [6, 6.07) is 20.7. The number of aromatic nitrogens is 1. The lowest BCUT2D eigenvalue weighted by Crippen LogP contribution is -2.58. The first-order valence-corrected chi connectivity index (χ1v) is 18.8. The number of benzene rings is 3. The van der Waals surface area contributed by atoms with Crippen LogP contribution in [0.4, 0.5) is 42.5 Å². The van der Waals surface area contributed by atoms with Gasteiger partial charge in [-0.2, -0.15) is 26.3 Å². The molecule has 4 aromatic rings. The van der Waals surface area contributed by atoms with Crippen molar-refractivity contribution in [2.24, 2.45) is 5.92 Å². The first-order valence-electron chi connectivity index (χ1n) is 18.5. The van der Waals surface area contributed by atoms with Gasteiger partial charge in [0.15, 0.2) is 0 Å². The summed E-state index contributed by atoms with van der Waals surface area (Å²) in [4.78, 5) is 58.0. The van der Waals surface area contributed by atoms with Crippen LogP contribution in [0, 0.1) is 5.92 Å². The van der Waals surface area contributed by atoms with E-state index >= 15 is 0 Å². The molecule has 4 N–H and O–H groups in total. The third-order valence-electron chi connectivity index (χ3n) is 9.81. The number of urea groups is 1. The van der Waals surface area contributed by atoms with Gasteiger partial charge >= 0.3 is 30.3 Å². The van der Waals surface area contributed by atoms with E-state index in [1.807, 2.05) is 83.6 Å². The Bertz CT molecular complexity index is 2100. The predicted molar refractivity (Wildman–Crippen MR) is 213 cm³/mol. The number of para-hydroxylation sites is 3. The summed E-state index contributed by atoms with van der Waals surface area (Å²) in [5.74, 6) is -4.89. The molecule has 20 heteroatoms. The number of nitrogens with zero attached hydrogens (tertiary/aromatic N) is 4. The number of nitrogens with one attached hydrogen (secondary N) is 2. The van der Waals surface area contributed by atoms with Gasteiger partial charge in [0.2, 0.25) is 5.91 Å². The first-order chi connectivity index (χ1) is 28.1. The van der Waals surface area contributed by atoms with E-state index in [9.17, 15) is 35.9 Å². The quantitative estimate of drug-likeness (QED) is 0.139. The summed E-state index contributed by atoms with van der Waals surface area (Å²) in [6.07, 6.45) is -7.37. The van der Waals surface area contributed by atoms with Gasteiger partial charge in [-0.15, -0.1) is 0 Å². The maximum absolute atomic E-state index is 14.8. The zero-order valence-corrected chi connectivity index (χ0v) is 33.7. The molecule has 3 heterocycles. The first kappa shape index (κ1) is 47.0. The van der Waals surface area contributed by atoms with Crippen LogP contribution in [0.25, 0.3) is 10.9 Å². The highest BCUT2D eigenvalue weighted by Crippen LogP contribution is 2.36. The Morgan fingerprint density at radius 3 is 2.07 bits per heavy atom. The number of carbonyl (C=O) groups excluding carboxylic acids is 2. The lowest BCUT2D eigenvalue weighted by Gasteiger charge is -2.40. The Balaban J connectivity index is 0.000000488. The zero-order chi connectivity index (χ0) is 44.5. The van der Waals surface area contributed by atoms with Gasteiger partial charge in [0, 0.05) is 73.0 Å². The molecular weight excluding hydrogens is 826 g/mol. The van der Waals surface area contributed by atoms with Gasteiger partial charge in [0.1, 0.15) is 11.8 Å². The number of fused-ring (bicyclic) bond motifs is 2. The molecule has 0 bridgehead atoms. The molecule has 0 aliphatic carbocycles. The largest absolute Gasteiger partial charge is 0.495 e. The number of ether oxygens (including phenoxy) is 1. The minimum absolute atomic E-state index is 0.120. The summed E-state index contributed by atoms with van der Waals surface area (Å²) in [6.45, 7) is 5.82. The van der Waals surface area contributed by atoms with Crippen molar-refractivity contribution < 1.29 is 60.5 Å². The van der Waals surface area contributed by atoms with E-state index in [0.717, 1.165) is 52.1 Å². The van der Waals surface area contributed by atoms with E-state index in [2.05, 4.69) is 40.3 Å². The molecule has 0 saturated carbocycles. The number of alkyl halides is 6. The summed E-state index contributed by atoms with van der Waals surface area (Å²) in [5.41, 5.74) is 4.92. The molecule has 326 valence electrons. The fourth-order valence-corrected chi connectivity index (χ4v) is 7.24. The second-order valence-corrected chi connectivity index (χ2v) is 14.7. The molecule has 2 aliphatic rings. The van der Waals surface area contributed by atoms with Gasteiger partial charge in [-0.25, -0.2) is 14.4 Å². The van der Waals surface area contributed by atoms with E-state index in [4.69, 9.17) is 36.1 Å². The molecule has 3 aromatic carbocycles. The monoisotopic (exact) mass is 870 g/mol. The van der Waals surface area contributed by atoms with Gasteiger partial charge in [-0.3, -0.25) is 4.79 Å². The fraction of sp³-hybridized carbons (Fsp3) is 0.400. The van der Waals surface area contributed by atoms with Gasteiger partial charge in [-0.1, -0.05) is 48.9 Å². The van der Waals surface area contributed by atoms with Crippen molar-refractivity contribution in [3.63, 3.8) is 0 Å². The summed E-state index contributed by atoms with van der Waals surface area (Å²) >= 11 is 6.42. The van der Waals surface area contributed by atoms with Crippen LogP contribution in [0.3, 0.4) is 0 Å². The van der Waals surface area contributed by atoms with Crippen LogP contribution >= 0.6 is 11.6 Å². The molecule has 1 aromatic heterocycles. The minimum atomic E-state index is -5.08. The highest BCUT2D eigenvalue weighted by molar-refractivity contribution is 6.30. The number of rotatable bonds is 8. The molecule has 2 aliphatic heterocycles. The lowest BCUT2D eigenvalue weighted by molar-refractivity contribution is -0.193. The molecular formula is C40H45ClF6N6O7. The van der Waals surface area contributed by atoms with Gasteiger partial charge in [0.05, 0.1) is 12.8 Å². The lowest BCUT2D eigenvalue weighted by atomic mass is 9.88. The number of methoxy groups -OCH3 is 1. The number of hydrogen-bond acceptors (Lipinski definition) is 7. The zero-order valence-electron chi connectivity index (χ0n) is 33.0. The van der Waals surface area contributed by atoms with E-state index in [0.29, 0.717) is 37.7 Å². The molecule has 0 radical (unpaired) electrons. The highest BCUT2D eigenvalue weighted by atomic mass is 35.5. The number of hydrogen-bond donors (Lipinski definition) is 4. The maximum Gasteiger partial charge on any atom is 0.490 e. The standard InChI is InChI=1S/C36H43ClN6O3.2C2HF3O2/c1-24(29-21-38-30-10-6-5-9-28(29)30)34(35(44)43-23-25(22-40(2)3)19-26-20-27(37)13-14-31(26)43)39-36(45)42-17-15-41(16-18-42)32-11-7-8-12-33(32)46-4;2*3-2(4,5)1(6)7/h5-14,20-21,24-25,34,38H,15-19,22-23H2,1-4H3,(H,39,45);2*(H,6,7)/t24?,25-,34?;;/m1../s1. The summed E-state index contributed by atoms with van der Waals surface area (Å²) in [7, 11) is 5.78. The maximum atomic E-state index is 14.8. The van der Waals surface area contributed by atoms with Crippen LogP contribution in [0.15, 0.2) is 72.9 Å². The van der Waals surface area contributed by atoms with Gasteiger partial charge in [-0.05, 0) is 74.0 Å². The van der Waals surface area contributed by atoms with Crippen LogP contribution in [-0.4, -0.2) is 128 Å². The molecule has 3 amide bonds. The van der Waals surface area contributed by atoms with E-state index in [1.54, 1.807) is 7.11 Å². The number of anilines is 2. The smallest absolute Gasteiger partial charge is 0.490 e. The van der Waals surface area contributed by atoms with Crippen molar-refractivity contribution in [2.45, 2.75) is 37.7 Å². The van der Waals surface area contributed by atoms with Crippen molar-refractivity contribution in [3.05, 3.63) is 89.1 Å². The van der Waals surface area contributed by atoms with Crippen LogP contribution in [-0.2, 0) is 20.8 Å². The molecule has 3 atom stereocenters. The van der Waals surface area contributed by atoms with Crippen LogP contribution in [0.2, 0.25) is 5.02 Å². The Hall–Kier alpha value is -5.69. The third kappa shape index (κ3) is 12.2. The predicted octanol–water partition coefficient (Wildman–Crippen LogP) is 6.87. The van der Waals surface area contributed by atoms with Crippen molar-refractivity contribution in [1.82, 2.24) is 20.1 Å². The number of carbonyl (C=O) groups is 4. The molecule has 1 saturated heterocycles. The minimum Gasteiger partial charge on any atom is -0.495 e. The number of H-pyrrole nitrogens is 1. The second kappa shape index (κ2) is 20.0. The number of carboxylic acids is 2. The SMILES string of the molecule is COc1ccccc1N1CCN(C(=O)NC(C(=O)N2C[C@@H](CN(C)C)Cc3cc(Cl)ccc32)C(C)c2c[nH]c3ccccc23)CC1.O=C(O)C(F)(F)F.O=C(O)C(F)(F)F. The molecule has 13 nitrogen and oxygen atoms in total. The summed E-state index contributed by atoms with van der Waals surface area (Å²) < 4.78 is 69.0. The Labute approximate surface area is 346 Å². The third-order valence-corrected chi connectivity index (χ3v) is 10.0. The molecule has 6 rings (SSSR count). The average Bonchev–Trinajstić information content (AvgIpc) is 3.63. The van der Waals surface area contributed by atoms with Crippen molar-refractivity contribution in [2.75, 3.05) is 70.3 Å². The molecule has 60 heavy (non-hydrogen) atoms. The number of piperazine rings is 1. The average molecular weight is 871 g/mol. The van der Waals surface area contributed by atoms with Crippen molar-refractivity contribution in [3.8, 4) is 5.75 Å². The molecule has 0 spiro atoms. The summed E-state index contributed by atoms with van der Waals surface area (Å²) in [5, 5.41) is 19.2. The van der Waals surface area contributed by atoms with Crippen LogP contribution < -0.4 is 19.9 Å². The van der Waals surface area contributed by atoms with Crippen LogP contribution in [0.1, 0.15) is 24.0 Å². The highest BCUT2D eigenvalue weighted by Gasteiger charge is 2.40. The molecule has 2 unspecified atom stereocenters. The van der Waals surface area contributed by atoms with Crippen LogP contribution in [0.5, 0.6) is 5.75 Å². The van der Waals surface area contributed by atoms with E-state index in [1.165, 1.54) is 0 Å². The Kier molecular flexibility index (Phi) is 15.7. The molecule has 1 fully saturated rings. The van der Waals surface area contributed by atoms with Gasteiger partial charge in [0.25, 0.3) is 0 Å². The Morgan fingerprint density at radius 1 is 0.900 bits per heavy atom. The van der Waals surface area contributed by atoms with E-state index in [-0.39, 0.29) is 23.8 Å². The number of amides is 3. The van der Waals surface area contributed by atoms with E-state index < -0.39 is 30.3 Å². The van der Waals surface area contributed by atoms with Crippen molar-refractivity contribution in [1.29, 1.82) is 0 Å². The number of halogens is 7. The normalized spacial score (nSPS) is 16.4. The number of aliphatic carboxylic acids is 2. The topological polar surface area (TPSA) is 159 Å². The fourth-order valence-electron chi connectivity index (χ4n) is 7.04. The van der Waals surface area contributed by atoms with Crippen molar-refractivity contribution >= 4 is 57.8 Å². The number of aromatic amines is 1.